The number of aliphatic hydroxyl groups excluding tert-OH is 1. The SMILES string of the molecule is NCC1(Sc2ccccc2F)CC(O)C1. The van der Waals surface area contributed by atoms with E-state index in [1.807, 2.05) is 6.07 Å². The topological polar surface area (TPSA) is 46.2 Å². The number of benzene rings is 1. The Morgan fingerprint density at radius 3 is 2.67 bits per heavy atom. The monoisotopic (exact) mass is 227 g/mol. The first-order valence-electron chi connectivity index (χ1n) is 4.97. The quantitative estimate of drug-likeness (QED) is 0.827. The molecule has 1 saturated carbocycles. The molecule has 0 heterocycles. The van der Waals surface area contributed by atoms with Gasteiger partial charge in [-0.3, -0.25) is 0 Å². The molecule has 3 N–H and O–H groups in total. The van der Waals surface area contributed by atoms with Gasteiger partial charge in [0.15, 0.2) is 0 Å². The van der Waals surface area contributed by atoms with Gasteiger partial charge in [0.1, 0.15) is 5.82 Å². The Morgan fingerprint density at radius 1 is 1.47 bits per heavy atom. The van der Waals surface area contributed by atoms with Crippen molar-refractivity contribution >= 4 is 11.8 Å². The minimum absolute atomic E-state index is 0.165. The summed E-state index contributed by atoms with van der Waals surface area (Å²) >= 11 is 1.45. The van der Waals surface area contributed by atoms with Gasteiger partial charge >= 0.3 is 0 Å². The standard InChI is InChI=1S/C11H14FNOS/c12-9-3-1-2-4-10(9)15-11(7-13)5-8(14)6-11/h1-4,8,14H,5-7,13H2. The van der Waals surface area contributed by atoms with E-state index in [9.17, 15) is 9.50 Å². The summed E-state index contributed by atoms with van der Waals surface area (Å²) in [6.45, 7) is 0.475. The van der Waals surface area contributed by atoms with E-state index in [1.165, 1.54) is 17.8 Å². The number of aliphatic hydroxyl groups is 1. The first-order valence-corrected chi connectivity index (χ1v) is 5.78. The smallest absolute Gasteiger partial charge is 0.136 e. The van der Waals surface area contributed by atoms with Crippen LogP contribution in [0.3, 0.4) is 0 Å². The molecule has 1 aliphatic rings. The molecule has 1 fully saturated rings. The molecule has 1 aromatic rings. The third-order valence-electron chi connectivity index (χ3n) is 2.75. The molecule has 0 aromatic heterocycles. The number of rotatable bonds is 3. The highest BCUT2D eigenvalue weighted by Gasteiger charge is 2.43. The Balaban J connectivity index is 2.11. The van der Waals surface area contributed by atoms with Crippen molar-refractivity contribution in [2.45, 2.75) is 28.6 Å². The number of halogens is 1. The number of hydrogen-bond acceptors (Lipinski definition) is 3. The average molecular weight is 227 g/mol. The minimum Gasteiger partial charge on any atom is -0.393 e. The van der Waals surface area contributed by atoms with E-state index in [2.05, 4.69) is 0 Å². The van der Waals surface area contributed by atoms with Crippen LogP contribution in [0.15, 0.2) is 29.2 Å². The van der Waals surface area contributed by atoms with Crippen LogP contribution >= 0.6 is 11.8 Å². The molecule has 4 heteroatoms. The lowest BCUT2D eigenvalue weighted by Crippen LogP contribution is -2.49. The summed E-state index contributed by atoms with van der Waals surface area (Å²) in [6, 6.07) is 6.68. The summed E-state index contributed by atoms with van der Waals surface area (Å²) in [5.74, 6) is -0.211. The van der Waals surface area contributed by atoms with Gasteiger partial charge in [-0.2, -0.15) is 0 Å². The fourth-order valence-corrected chi connectivity index (χ4v) is 3.26. The van der Waals surface area contributed by atoms with Crippen LogP contribution < -0.4 is 5.73 Å². The maximum atomic E-state index is 13.4. The second-order valence-corrected chi connectivity index (χ2v) is 5.49. The van der Waals surface area contributed by atoms with Crippen molar-refractivity contribution in [1.29, 1.82) is 0 Å². The third-order valence-corrected chi connectivity index (χ3v) is 4.23. The summed E-state index contributed by atoms with van der Waals surface area (Å²) in [6.07, 6.45) is 1.04. The van der Waals surface area contributed by atoms with Crippen LogP contribution in [-0.4, -0.2) is 22.5 Å². The van der Waals surface area contributed by atoms with Gasteiger partial charge in [-0.25, -0.2) is 4.39 Å². The van der Waals surface area contributed by atoms with Crippen LogP contribution in [0.4, 0.5) is 4.39 Å². The Hall–Kier alpha value is -0.580. The summed E-state index contributed by atoms with van der Waals surface area (Å²) < 4.78 is 13.2. The second kappa shape index (κ2) is 4.12. The zero-order valence-electron chi connectivity index (χ0n) is 8.32. The van der Waals surface area contributed by atoms with Crippen molar-refractivity contribution in [1.82, 2.24) is 0 Å². The van der Waals surface area contributed by atoms with Crippen LogP contribution in [0, 0.1) is 5.82 Å². The maximum Gasteiger partial charge on any atom is 0.136 e. The molecule has 2 rings (SSSR count). The molecule has 0 atom stereocenters. The van der Waals surface area contributed by atoms with Crippen molar-refractivity contribution < 1.29 is 9.50 Å². The van der Waals surface area contributed by atoms with Crippen LogP contribution in [0.25, 0.3) is 0 Å². The van der Waals surface area contributed by atoms with Gasteiger partial charge in [-0.05, 0) is 25.0 Å². The normalized spacial score (nSPS) is 29.9. The lowest BCUT2D eigenvalue weighted by molar-refractivity contribution is 0.0643. The van der Waals surface area contributed by atoms with Crippen molar-refractivity contribution in [3.8, 4) is 0 Å². The minimum atomic E-state index is -0.271. The van der Waals surface area contributed by atoms with Gasteiger partial charge in [0.25, 0.3) is 0 Å². The van der Waals surface area contributed by atoms with Crippen LogP contribution in [-0.2, 0) is 0 Å². The summed E-state index contributed by atoms with van der Waals surface area (Å²) in [5, 5.41) is 9.30. The summed E-state index contributed by atoms with van der Waals surface area (Å²) in [4.78, 5) is 0.620. The van der Waals surface area contributed by atoms with Gasteiger partial charge in [-0.15, -0.1) is 11.8 Å². The van der Waals surface area contributed by atoms with Gasteiger partial charge in [0.05, 0.1) is 6.10 Å². The highest BCUT2D eigenvalue weighted by Crippen LogP contribution is 2.47. The van der Waals surface area contributed by atoms with Crippen LogP contribution in [0.2, 0.25) is 0 Å². The zero-order chi connectivity index (χ0) is 10.9. The lowest BCUT2D eigenvalue weighted by Gasteiger charge is -2.44. The summed E-state index contributed by atoms with van der Waals surface area (Å²) in [5.41, 5.74) is 5.67. The largest absolute Gasteiger partial charge is 0.393 e. The molecule has 1 aliphatic carbocycles. The lowest BCUT2D eigenvalue weighted by atomic mass is 9.81. The van der Waals surface area contributed by atoms with Crippen molar-refractivity contribution in [2.75, 3.05) is 6.54 Å². The maximum absolute atomic E-state index is 13.4. The Morgan fingerprint density at radius 2 is 2.13 bits per heavy atom. The van der Waals surface area contributed by atoms with Crippen molar-refractivity contribution in [3.05, 3.63) is 30.1 Å². The van der Waals surface area contributed by atoms with E-state index in [0.29, 0.717) is 24.3 Å². The Labute approximate surface area is 92.7 Å². The fraction of sp³-hybridized carbons (Fsp3) is 0.455. The molecule has 2 nitrogen and oxygen atoms in total. The van der Waals surface area contributed by atoms with Crippen LogP contribution in [0.5, 0.6) is 0 Å². The van der Waals surface area contributed by atoms with Crippen LogP contribution in [0.1, 0.15) is 12.8 Å². The van der Waals surface area contributed by atoms with Gasteiger partial charge in [-0.1, -0.05) is 12.1 Å². The molecule has 0 unspecified atom stereocenters. The van der Waals surface area contributed by atoms with Gasteiger partial charge in [0, 0.05) is 16.2 Å². The second-order valence-electron chi connectivity index (χ2n) is 3.98. The summed E-state index contributed by atoms with van der Waals surface area (Å²) in [7, 11) is 0. The Bertz CT molecular complexity index is 352. The predicted octanol–water partition coefficient (Wildman–Crippen LogP) is 1.77. The first kappa shape index (κ1) is 10.9. The third kappa shape index (κ3) is 2.17. The van der Waals surface area contributed by atoms with E-state index in [0.717, 1.165) is 0 Å². The number of nitrogens with two attached hydrogens (primary N) is 1. The van der Waals surface area contributed by atoms with E-state index in [1.54, 1.807) is 12.1 Å². The van der Waals surface area contributed by atoms with E-state index in [-0.39, 0.29) is 16.7 Å². The average Bonchev–Trinajstić information content (AvgIpc) is 2.18. The molecular weight excluding hydrogens is 213 g/mol. The zero-order valence-corrected chi connectivity index (χ0v) is 9.14. The van der Waals surface area contributed by atoms with Gasteiger partial charge < -0.3 is 10.8 Å². The number of hydrogen-bond donors (Lipinski definition) is 2. The molecule has 0 bridgehead atoms. The van der Waals surface area contributed by atoms with E-state index in [4.69, 9.17) is 5.73 Å². The molecule has 0 aliphatic heterocycles. The van der Waals surface area contributed by atoms with Crippen molar-refractivity contribution in [2.24, 2.45) is 5.73 Å². The Kier molecular flexibility index (Phi) is 3.00. The number of thioether (sulfide) groups is 1. The van der Waals surface area contributed by atoms with Crippen molar-refractivity contribution in [3.63, 3.8) is 0 Å². The molecule has 15 heavy (non-hydrogen) atoms. The fourth-order valence-electron chi connectivity index (χ4n) is 1.85. The van der Waals surface area contributed by atoms with E-state index < -0.39 is 0 Å². The molecule has 1 aromatic carbocycles. The molecule has 0 radical (unpaired) electrons. The highest BCUT2D eigenvalue weighted by atomic mass is 32.2. The van der Waals surface area contributed by atoms with Gasteiger partial charge in [0.2, 0.25) is 0 Å². The predicted molar refractivity (Wildman–Crippen MR) is 59.3 cm³/mol. The first-order chi connectivity index (χ1) is 7.15. The molecule has 0 saturated heterocycles. The highest BCUT2D eigenvalue weighted by molar-refractivity contribution is 8.00. The molecule has 0 spiro atoms. The molecule has 82 valence electrons. The molecule has 0 amide bonds. The van der Waals surface area contributed by atoms with E-state index >= 15 is 0 Å². The molecular formula is C11H14FNOS.